The van der Waals surface area contributed by atoms with Gasteiger partial charge in [-0.2, -0.15) is 0 Å². The molecule has 5 nitrogen and oxygen atoms in total. The van der Waals surface area contributed by atoms with Gasteiger partial charge in [0.15, 0.2) is 0 Å². The van der Waals surface area contributed by atoms with Gasteiger partial charge in [-0.05, 0) is 30.5 Å². The summed E-state index contributed by atoms with van der Waals surface area (Å²) in [6.45, 7) is 3.26. The Hall–Kier alpha value is -2.05. The van der Waals surface area contributed by atoms with Crippen molar-refractivity contribution < 1.29 is 13.2 Å². The SMILES string of the molecule is CCCN(c1ccccc1N)S(=O)(=O)CCCOCc1ccccc1. The van der Waals surface area contributed by atoms with E-state index in [9.17, 15) is 8.42 Å². The third-order valence-electron chi connectivity index (χ3n) is 3.77. The number of benzene rings is 2. The summed E-state index contributed by atoms with van der Waals surface area (Å²) >= 11 is 0. The number of anilines is 2. The fourth-order valence-corrected chi connectivity index (χ4v) is 4.17. The van der Waals surface area contributed by atoms with Crippen molar-refractivity contribution in [2.75, 3.05) is 28.9 Å². The van der Waals surface area contributed by atoms with Crippen LogP contribution in [0.5, 0.6) is 0 Å². The predicted octanol–water partition coefficient (Wildman–Crippen LogP) is 3.42. The first-order chi connectivity index (χ1) is 12.0. The topological polar surface area (TPSA) is 72.6 Å². The van der Waals surface area contributed by atoms with Crippen LogP contribution in [0.15, 0.2) is 54.6 Å². The molecule has 0 spiro atoms. The predicted molar refractivity (Wildman–Crippen MR) is 103 cm³/mol. The lowest BCUT2D eigenvalue weighted by Crippen LogP contribution is -2.34. The van der Waals surface area contributed by atoms with Crippen molar-refractivity contribution in [2.45, 2.75) is 26.4 Å². The van der Waals surface area contributed by atoms with Gasteiger partial charge in [-0.1, -0.05) is 49.4 Å². The van der Waals surface area contributed by atoms with Gasteiger partial charge in [0.2, 0.25) is 10.0 Å². The van der Waals surface area contributed by atoms with Crippen molar-refractivity contribution in [1.29, 1.82) is 0 Å². The summed E-state index contributed by atoms with van der Waals surface area (Å²) in [5.74, 6) is 0.0378. The van der Waals surface area contributed by atoms with Crippen LogP contribution >= 0.6 is 0 Å². The molecule has 0 unspecified atom stereocenters. The summed E-state index contributed by atoms with van der Waals surface area (Å²) in [6, 6.07) is 16.9. The zero-order valence-corrected chi connectivity index (χ0v) is 15.4. The molecule has 2 aromatic rings. The Morgan fingerprint density at radius 3 is 2.40 bits per heavy atom. The highest BCUT2D eigenvalue weighted by molar-refractivity contribution is 7.92. The van der Waals surface area contributed by atoms with Crippen LogP contribution in [0.25, 0.3) is 0 Å². The van der Waals surface area contributed by atoms with Crippen LogP contribution in [-0.4, -0.2) is 27.3 Å². The molecule has 2 rings (SSSR count). The molecule has 0 heterocycles. The second-order valence-electron chi connectivity index (χ2n) is 5.84. The summed E-state index contributed by atoms with van der Waals surface area (Å²) in [7, 11) is -3.43. The molecule has 0 atom stereocenters. The van der Waals surface area contributed by atoms with E-state index in [1.807, 2.05) is 37.3 Å². The number of nitrogen functional groups attached to an aromatic ring is 1. The number of hydrogen-bond donors (Lipinski definition) is 1. The molecule has 6 heteroatoms. The van der Waals surface area contributed by atoms with Crippen LogP contribution in [0.2, 0.25) is 0 Å². The average Bonchev–Trinajstić information content (AvgIpc) is 2.61. The van der Waals surface area contributed by atoms with Gasteiger partial charge in [0.05, 0.1) is 23.7 Å². The molecule has 2 N–H and O–H groups in total. The van der Waals surface area contributed by atoms with Gasteiger partial charge in [-0.25, -0.2) is 8.42 Å². The Labute approximate surface area is 150 Å². The molecule has 0 bridgehead atoms. The Kier molecular flexibility index (Phi) is 7.28. The molecule has 0 saturated carbocycles. The van der Waals surface area contributed by atoms with Crippen LogP contribution in [0.4, 0.5) is 11.4 Å². The fourth-order valence-electron chi connectivity index (χ4n) is 2.54. The first kappa shape index (κ1) is 19.3. The number of ether oxygens (including phenoxy) is 1. The maximum atomic E-state index is 12.7. The first-order valence-electron chi connectivity index (χ1n) is 8.51. The van der Waals surface area contributed by atoms with Gasteiger partial charge in [0.1, 0.15) is 0 Å². The molecule has 25 heavy (non-hydrogen) atoms. The number of sulfonamides is 1. The molecule has 0 amide bonds. The van der Waals surface area contributed by atoms with E-state index < -0.39 is 10.0 Å². The maximum Gasteiger partial charge on any atom is 0.235 e. The highest BCUT2D eigenvalue weighted by atomic mass is 32.2. The molecule has 0 saturated heterocycles. The summed E-state index contributed by atoms with van der Waals surface area (Å²) < 4.78 is 32.4. The second-order valence-corrected chi connectivity index (χ2v) is 7.85. The van der Waals surface area contributed by atoms with Gasteiger partial charge in [0.25, 0.3) is 0 Å². The van der Waals surface area contributed by atoms with Crippen LogP contribution in [0, 0.1) is 0 Å². The van der Waals surface area contributed by atoms with Crippen molar-refractivity contribution >= 4 is 21.4 Å². The molecule has 0 aliphatic rings. The summed E-state index contributed by atoms with van der Waals surface area (Å²) in [4.78, 5) is 0. The van der Waals surface area contributed by atoms with Crippen LogP contribution in [0.3, 0.4) is 0 Å². The van der Waals surface area contributed by atoms with Crippen molar-refractivity contribution in [1.82, 2.24) is 0 Å². The molecule has 2 aromatic carbocycles. The number of rotatable bonds is 10. The quantitative estimate of drug-likeness (QED) is 0.519. The highest BCUT2D eigenvalue weighted by Gasteiger charge is 2.22. The van der Waals surface area contributed by atoms with Crippen LogP contribution < -0.4 is 10.0 Å². The summed E-state index contributed by atoms with van der Waals surface area (Å²) in [6.07, 6.45) is 1.17. The van der Waals surface area contributed by atoms with E-state index in [0.717, 1.165) is 12.0 Å². The van der Waals surface area contributed by atoms with Crippen LogP contribution in [0.1, 0.15) is 25.3 Å². The van der Waals surface area contributed by atoms with Crippen molar-refractivity contribution in [2.24, 2.45) is 0 Å². The Balaban J connectivity index is 1.90. The monoisotopic (exact) mass is 362 g/mol. The van der Waals surface area contributed by atoms with E-state index in [4.69, 9.17) is 10.5 Å². The largest absolute Gasteiger partial charge is 0.397 e. The molecule has 0 radical (unpaired) electrons. The highest BCUT2D eigenvalue weighted by Crippen LogP contribution is 2.26. The van der Waals surface area contributed by atoms with E-state index in [1.165, 1.54) is 4.31 Å². The third-order valence-corrected chi connectivity index (χ3v) is 5.63. The van der Waals surface area contributed by atoms with Gasteiger partial charge < -0.3 is 10.5 Å². The van der Waals surface area contributed by atoms with Gasteiger partial charge in [-0.15, -0.1) is 0 Å². The smallest absolute Gasteiger partial charge is 0.235 e. The van der Waals surface area contributed by atoms with E-state index >= 15 is 0 Å². The Morgan fingerprint density at radius 2 is 1.72 bits per heavy atom. The minimum Gasteiger partial charge on any atom is -0.397 e. The first-order valence-corrected chi connectivity index (χ1v) is 10.1. The number of hydrogen-bond acceptors (Lipinski definition) is 4. The van der Waals surface area contributed by atoms with E-state index in [-0.39, 0.29) is 5.75 Å². The molecule has 136 valence electrons. The standard InChI is InChI=1S/C19H26N2O3S/c1-2-13-21(19-12-7-6-11-18(19)20)25(22,23)15-8-14-24-16-17-9-4-3-5-10-17/h3-7,9-12H,2,8,13-16,20H2,1H3. The molecule has 0 aromatic heterocycles. The lowest BCUT2D eigenvalue weighted by atomic mass is 10.2. The normalized spacial score (nSPS) is 11.4. The third kappa shape index (κ3) is 5.76. The minimum atomic E-state index is -3.43. The van der Waals surface area contributed by atoms with Gasteiger partial charge in [0, 0.05) is 13.2 Å². The average molecular weight is 362 g/mol. The zero-order valence-electron chi connectivity index (χ0n) is 14.6. The van der Waals surface area contributed by atoms with E-state index in [1.54, 1.807) is 24.3 Å². The molecular weight excluding hydrogens is 336 g/mol. The maximum absolute atomic E-state index is 12.7. The lowest BCUT2D eigenvalue weighted by Gasteiger charge is -2.25. The number of para-hydroxylation sites is 2. The Morgan fingerprint density at radius 1 is 1.04 bits per heavy atom. The number of nitrogens with zero attached hydrogens (tertiary/aromatic N) is 1. The summed E-state index contributed by atoms with van der Waals surface area (Å²) in [5, 5.41) is 0. The molecular formula is C19H26N2O3S. The zero-order chi connectivity index (χ0) is 18.1. The van der Waals surface area contributed by atoms with Gasteiger partial charge >= 0.3 is 0 Å². The van der Waals surface area contributed by atoms with E-state index in [2.05, 4.69) is 0 Å². The minimum absolute atomic E-state index is 0.0378. The fraction of sp³-hybridized carbons (Fsp3) is 0.368. The van der Waals surface area contributed by atoms with Crippen molar-refractivity contribution in [3.8, 4) is 0 Å². The Bertz CT molecular complexity index is 748. The second kappa shape index (κ2) is 9.44. The van der Waals surface area contributed by atoms with Crippen LogP contribution in [-0.2, 0) is 21.4 Å². The van der Waals surface area contributed by atoms with Gasteiger partial charge in [-0.3, -0.25) is 4.31 Å². The number of nitrogens with two attached hydrogens (primary N) is 1. The molecule has 0 aliphatic carbocycles. The van der Waals surface area contributed by atoms with E-state index in [0.29, 0.717) is 37.6 Å². The molecule has 0 aliphatic heterocycles. The summed E-state index contributed by atoms with van der Waals surface area (Å²) in [5.41, 5.74) is 8.06. The van der Waals surface area contributed by atoms with Crippen molar-refractivity contribution in [3.05, 3.63) is 60.2 Å². The lowest BCUT2D eigenvalue weighted by molar-refractivity contribution is 0.122. The van der Waals surface area contributed by atoms with Crippen molar-refractivity contribution in [3.63, 3.8) is 0 Å². The molecule has 0 fully saturated rings.